The van der Waals surface area contributed by atoms with Crippen LogP contribution in [0.3, 0.4) is 0 Å². The van der Waals surface area contributed by atoms with E-state index in [2.05, 4.69) is 5.32 Å². The molecule has 1 amide bonds. The van der Waals surface area contributed by atoms with Crippen molar-refractivity contribution in [3.05, 3.63) is 0 Å². The summed E-state index contributed by atoms with van der Waals surface area (Å²) >= 11 is 0. The first-order chi connectivity index (χ1) is 8.08. The van der Waals surface area contributed by atoms with Gasteiger partial charge in [-0.25, -0.2) is 4.79 Å². The molecule has 0 saturated carbocycles. The van der Waals surface area contributed by atoms with E-state index in [0.29, 0.717) is 0 Å². The van der Waals surface area contributed by atoms with Crippen LogP contribution in [0.5, 0.6) is 0 Å². The second-order valence-electron chi connectivity index (χ2n) is 5.78. The highest BCUT2D eigenvalue weighted by atomic mass is 16.5. The van der Waals surface area contributed by atoms with Crippen LogP contribution in [0.1, 0.15) is 41.5 Å². The maximum absolute atomic E-state index is 12.0. The molecule has 0 rings (SSSR count). The maximum Gasteiger partial charge on any atom is 0.326 e. The molecule has 0 saturated heterocycles. The molecule has 0 heterocycles. The predicted molar refractivity (Wildman–Crippen MR) is 69.3 cm³/mol. The molecule has 0 fully saturated rings. The van der Waals surface area contributed by atoms with Gasteiger partial charge in [0.05, 0.1) is 18.1 Å². The second kappa shape index (κ2) is 6.73. The third kappa shape index (κ3) is 5.49. The molecule has 0 aliphatic rings. The zero-order chi connectivity index (χ0) is 14.5. The van der Waals surface area contributed by atoms with Crippen molar-refractivity contribution in [2.24, 2.45) is 11.3 Å². The molecule has 0 unspecified atom stereocenters. The van der Waals surface area contributed by atoms with Gasteiger partial charge < -0.3 is 15.2 Å². The first kappa shape index (κ1) is 16.9. The molecule has 5 heteroatoms. The van der Waals surface area contributed by atoms with Crippen LogP contribution in [-0.4, -0.2) is 35.7 Å². The van der Waals surface area contributed by atoms with Gasteiger partial charge in [-0.2, -0.15) is 0 Å². The minimum Gasteiger partial charge on any atom is -0.480 e. The van der Waals surface area contributed by atoms with Gasteiger partial charge in [0, 0.05) is 0 Å². The van der Waals surface area contributed by atoms with Gasteiger partial charge in [-0.1, -0.05) is 13.8 Å². The first-order valence-corrected chi connectivity index (χ1v) is 6.23. The highest BCUT2D eigenvalue weighted by molar-refractivity contribution is 5.87. The molecule has 18 heavy (non-hydrogen) atoms. The summed E-state index contributed by atoms with van der Waals surface area (Å²) in [6.45, 7) is 11.0. The summed E-state index contributed by atoms with van der Waals surface area (Å²) in [5.74, 6) is -1.48. The van der Waals surface area contributed by atoms with E-state index in [1.165, 1.54) is 0 Å². The summed E-state index contributed by atoms with van der Waals surface area (Å²) in [6, 6.07) is -0.865. The van der Waals surface area contributed by atoms with Crippen molar-refractivity contribution in [2.75, 3.05) is 6.61 Å². The lowest BCUT2D eigenvalue weighted by atomic mass is 9.92. The minimum atomic E-state index is -1.01. The van der Waals surface area contributed by atoms with E-state index in [1.807, 2.05) is 13.8 Å². The van der Waals surface area contributed by atoms with E-state index >= 15 is 0 Å². The monoisotopic (exact) mass is 259 g/mol. The van der Waals surface area contributed by atoms with Crippen LogP contribution in [0, 0.1) is 11.3 Å². The number of rotatable bonds is 7. The topological polar surface area (TPSA) is 75.6 Å². The van der Waals surface area contributed by atoms with Gasteiger partial charge in [0.15, 0.2) is 0 Å². The Balaban J connectivity index is 4.58. The lowest BCUT2D eigenvalue weighted by Gasteiger charge is -2.27. The highest BCUT2D eigenvalue weighted by Crippen LogP contribution is 2.18. The standard InChI is InChI=1S/C13H25NO4/c1-8(2)10(11(15)16)14-12(17)13(5,6)7-18-9(3)4/h8-10H,7H2,1-6H3,(H,14,17)(H,15,16)/t10-/m0/s1. The third-order valence-corrected chi connectivity index (χ3v) is 2.61. The van der Waals surface area contributed by atoms with Crippen LogP contribution >= 0.6 is 0 Å². The molecular weight excluding hydrogens is 234 g/mol. The fourth-order valence-corrected chi connectivity index (χ4v) is 1.29. The van der Waals surface area contributed by atoms with Crippen molar-refractivity contribution in [1.29, 1.82) is 0 Å². The molecule has 0 aromatic carbocycles. The number of amides is 1. The summed E-state index contributed by atoms with van der Waals surface area (Å²) in [5.41, 5.74) is -0.743. The van der Waals surface area contributed by atoms with Gasteiger partial charge in [-0.3, -0.25) is 4.79 Å². The number of carbonyl (C=O) groups excluding carboxylic acids is 1. The number of ether oxygens (including phenoxy) is 1. The summed E-state index contributed by atoms with van der Waals surface area (Å²) < 4.78 is 5.42. The van der Waals surface area contributed by atoms with Crippen molar-refractivity contribution < 1.29 is 19.4 Å². The molecule has 0 aliphatic carbocycles. The summed E-state index contributed by atoms with van der Waals surface area (Å²) in [7, 11) is 0. The number of carbonyl (C=O) groups is 2. The SMILES string of the molecule is CC(C)OCC(C)(C)C(=O)N[C@H](C(=O)O)C(C)C. The van der Waals surface area contributed by atoms with Gasteiger partial charge in [-0.05, 0) is 33.6 Å². The quantitative estimate of drug-likeness (QED) is 0.729. The van der Waals surface area contributed by atoms with E-state index in [4.69, 9.17) is 9.84 Å². The average molecular weight is 259 g/mol. The van der Waals surface area contributed by atoms with Crippen molar-refractivity contribution in [2.45, 2.75) is 53.7 Å². The summed E-state index contributed by atoms with van der Waals surface area (Å²) in [5, 5.41) is 11.6. The van der Waals surface area contributed by atoms with Gasteiger partial charge in [0.1, 0.15) is 6.04 Å². The number of nitrogens with one attached hydrogen (secondary N) is 1. The van der Waals surface area contributed by atoms with E-state index in [-0.39, 0.29) is 24.5 Å². The van der Waals surface area contributed by atoms with Crippen LogP contribution in [0.2, 0.25) is 0 Å². The molecule has 0 aliphatic heterocycles. The Morgan fingerprint density at radius 1 is 1.22 bits per heavy atom. The Morgan fingerprint density at radius 3 is 2.06 bits per heavy atom. The fraction of sp³-hybridized carbons (Fsp3) is 0.846. The predicted octanol–water partition coefficient (Wildman–Crippen LogP) is 1.66. The molecule has 5 nitrogen and oxygen atoms in total. The maximum atomic E-state index is 12.0. The van der Waals surface area contributed by atoms with Gasteiger partial charge in [0.2, 0.25) is 5.91 Å². The molecule has 106 valence electrons. The Kier molecular flexibility index (Phi) is 6.32. The van der Waals surface area contributed by atoms with Crippen LogP contribution < -0.4 is 5.32 Å². The minimum absolute atomic E-state index is 0.0393. The molecule has 0 radical (unpaired) electrons. The Hall–Kier alpha value is -1.10. The third-order valence-electron chi connectivity index (χ3n) is 2.61. The smallest absolute Gasteiger partial charge is 0.326 e. The van der Waals surface area contributed by atoms with E-state index in [1.54, 1.807) is 27.7 Å². The Morgan fingerprint density at radius 2 is 1.72 bits per heavy atom. The van der Waals surface area contributed by atoms with Crippen LogP contribution in [0.4, 0.5) is 0 Å². The largest absolute Gasteiger partial charge is 0.480 e. The zero-order valence-corrected chi connectivity index (χ0v) is 12.1. The number of aliphatic carboxylic acids is 1. The lowest BCUT2D eigenvalue weighted by molar-refractivity contribution is -0.146. The van der Waals surface area contributed by atoms with Gasteiger partial charge in [0.25, 0.3) is 0 Å². The van der Waals surface area contributed by atoms with Gasteiger partial charge >= 0.3 is 5.97 Å². The molecule has 0 aromatic heterocycles. The molecule has 0 spiro atoms. The van der Waals surface area contributed by atoms with Gasteiger partial charge in [-0.15, -0.1) is 0 Å². The van der Waals surface area contributed by atoms with E-state index in [9.17, 15) is 9.59 Å². The van der Waals surface area contributed by atoms with Crippen molar-refractivity contribution in [1.82, 2.24) is 5.32 Å². The highest BCUT2D eigenvalue weighted by Gasteiger charge is 2.33. The zero-order valence-electron chi connectivity index (χ0n) is 12.1. The van der Waals surface area contributed by atoms with Crippen LogP contribution in [0.25, 0.3) is 0 Å². The first-order valence-electron chi connectivity index (χ1n) is 6.23. The lowest BCUT2D eigenvalue weighted by Crippen LogP contribution is -2.50. The number of hydrogen-bond acceptors (Lipinski definition) is 3. The van der Waals surface area contributed by atoms with Crippen molar-refractivity contribution in [3.63, 3.8) is 0 Å². The normalized spacial score (nSPS) is 13.8. The summed E-state index contributed by atoms with van der Waals surface area (Å²) in [6.07, 6.45) is 0.0393. The Labute approximate surface area is 109 Å². The van der Waals surface area contributed by atoms with Crippen LogP contribution in [-0.2, 0) is 14.3 Å². The summed E-state index contributed by atoms with van der Waals surface area (Å²) in [4.78, 5) is 23.1. The number of carboxylic acid groups (broad SMARTS) is 1. The van der Waals surface area contributed by atoms with E-state index < -0.39 is 17.4 Å². The second-order valence-corrected chi connectivity index (χ2v) is 5.78. The number of carboxylic acids is 1. The van der Waals surface area contributed by atoms with Crippen molar-refractivity contribution in [3.8, 4) is 0 Å². The number of hydrogen-bond donors (Lipinski definition) is 2. The molecule has 0 aromatic rings. The van der Waals surface area contributed by atoms with Crippen molar-refractivity contribution >= 4 is 11.9 Å². The molecule has 1 atom stereocenters. The fourth-order valence-electron chi connectivity index (χ4n) is 1.29. The van der Waals surface area contributed by atoms with E-state index in [0.717, 1.165) is 0 Å². The average Bonchev–Trinajstić information content (AvgIpc) is 2.21. The molecule has 0 bridgehead atoms. The molecular formula is C13H25NO4. The molecule has 2 N–H and O–H groups in total. The Bertz CT molecular complexity index is 297. The van der Waals surface area contributed by atoms with Crippen LogP contribution in [0.15, 0.2) is 0 Å².